The number of aliphatic hydroxyl groups excluding tert-OH is 2. The molecule has 0 spiro atoms. The van der Waals surface area contributed by atoms with Gasteiger partial charge >= 0.3 is 0 Å². The van der Waals surface area contributed by atoms with E-state index < -0.39 is 8.38 Å². The van der Waals surface area contributed by atoms with Crippen molar-refractivity contribution in [2.75, 3.05) is 32.6 Å². The normalized spacial score (nSPS) is 10.9. The second-order valence-corrected chi connectivity index (χ2v) is 3.58. The van der Waals surface area contributed by atoms with E-state index in [-0.39, 0.29) is 13.2 Å². The van der Waals surface area contributed by atoms with Crippen LogP contribution in [0.15, 0.2) is 0 Å². The maximum Gasteiger partial charge on any atom is 0.170 e. The van der Waals surface area contributed by atoms with E-state index in [9.17, 15) is 0 Å². The Kier molecular flexibility index (Phi) is 8.57. The van der Waals surface area contributed by atoms with Crippen LogP contribution in [-0.2, 0) is 9.05 Å². The molecular formula is C6H15O4P. The number of hydrogen-bond donors (Lipinski definition) is 2. The van der Waals surface area contributed by atoms with Gasteiger partial charge in [0, 0.05) is 6.16 Å². The minimum absolute atomic E-state index is 0.0152. The van der Waals surface area contributed by atoms with E-state index in [0.29, 0.717) is 13.2 Å². The third-order valence-electron chi connectivity index (χ3n) is 0.911. The fourth-order valence-electron chi connectivity index (χ4n) is 0.505. The van der Waals surface area contributed by atoms with Crippen LogP contribution in [0.5, 0.6) is 0 Å². The van der Waals surface area contributed by atoms with E-state index in [1.54, 1.807) is 0 Å². The van der Waals surface area contributed by atoms with Crippen molar-refractivity contribution >= 4 is 8.38 Å². The third kappa shape index (κ3) is 6.66. The Bertz CT molecular complexity index is 73.0. The highest BCUT2D eigenvalue weighted by molar-refractivity contribution is 7.47. The van der Waals surface area contributed by atoms with Gasteiger partial charge < -0.3 is 19.3 Å². The third-order valence-corrected chi connectivity index (χ3v) is 2.37. The smallest absolute Gasteiger partial charge is 0.170 e. The summed E-state index contributed by atoms with van der Waals surface area (Å²) in [5.41, 5.74) is 0. The molecule has 4 nitrogen and oxygen atoms in total. The van der Waals surface area contributed by atoms with Crippen molar-refractivity contribution in [2.45, 2.75) is 6.92 Å². The van der Waals surface area contributed by atoms with Crippen LogP contribution in [0.3, 0.4) is 0 Å². The lowest BCUT2D eigenvalue weighted by Crippen LogP contribution is -2.01. The van der Waals surface area contributed by atoms with Gasteiger partial charge in [-0.15, -0.1) is 0 Å². The van der Waals surface area contributed by atoms with Gasteiger partial charge in [0.15, 0.2) is 8.38 Å². The molecule has 0 heterocycles. The molecule has 0 aliphatic rings. The van der Waals surface area contributed by atoms with Gasteiger partial charge in [-0.05, 0) is 0 Å². The van der Waals surface area contributed by atoms with Crippen molar-refractivity contribution in [1.29, 1.82) is 0 Å². The molecule has 0 rings (SSSR count). The lowest BCUT2D eigenvalue weighted by atomic mass is 10.8. The molecule has 0 unspecified atom stereocenters. The first-order chi connectivity index (χ1) is 5.35. The Balaban J connectivity index is 3.25. The first-order valence-corrected chi connectivity index (χ1v) is 4.96. The molecule has 0 atom stereocenters. The van der Waals surface area contributed by atoms with Gasteiger partial charge in [-0.1, -0.05) is 6.92 Å². The van der Waals surface area contributed by atoms with E-state index in [1.807, 2.05) is 6.92 Å². The van der Waals surface area contributed by atoms with Crippen molar-refractivity contribution in [3.8, 4) is 0 Å². The summed E-state index contributed by atoms with van der Waals surface area (Å²) in [7, 11) is -0.890. The first kappa shape index (κ1) is 11.3. The van der Waals surface area contributed by atoms with Gasteiger partial charge in [-0.2, -0.15) is 0 Å². The van der Waals surface area contributed by atoms with E-state index in [0.717, 1.165) is 6.16 Å². The average Bonchev–Trinajstić information content (AvgIpc) is 2.05. The van der Waals surface area contributed by atoms with Gasteiger partial charge in [-0.25, -0.2) is 0 Å². The Morgan fingerprint density at radius 2 is 1.55 bits per heavy atom. The van der Waals surface area contributed by atoms with Gasteiger partial charge in [0.1, 0.15) is 0 Å². The summed E-state index contributed by atoms with van der Waals surface area (Å²) in [6.07, 6.45) is 0.787. The van der Waals surface area contributed by atoms with Crippen LogP contribution in [-0.4, -0.2) is 42.8 Å². The molecule has 0 fully saturated rings. The zero-order chi connectivity index (χ0) is 8.53. The monoisotopic (exact) mass is 182 g/mol. The summed E-state index contributed by atoms with van der Waals surface area (Å²) in [5, 5.41) is 16.8. The Labute approximate surface area is 68.1 Å². The first-order valence-electron chi connectivity index (χ1n) is 3.60. The van der Waals surface area contributed by atoms with Gasteiger partial charge in [0.2, 0.25) is 0 Å². The lowest BCUT2D eigenvalue weighted by molar-refractivity contribution is 0.164. The standard InChI is InChI=1S/C6H15O4P/c1-2-11(9-5-3-7)10-6-4-8/h7-8H,2-6H2,1H3. The van der Waals surface area contributed by atoms with E-state index in [4.69, 9.17) is 19.3 Å². The topological polar surface area (TPSA) is 58.9 Å². The van der Waals surface area contributed by atoms with Gasteiger partial charge in [0.25, 0.3) is 0 Å². The van der Waals surface area contributed by atoms with Crippen LogP contribution >= 0.6 is 8.38 Å². The minimum Gasteiger partial charge on any atom is -0.394 e. The van der Waals surface area contributed by atoms with Crippen LogP contribution in [0, 0.1) is 0 Å². The summed E-state index contributed by atoms with van der Waals surface area (Å²) in [4.78, 5) is 0. The van der Waals surface area contributed by atoms with Crippen LogP contribution < -0.4 is 0 Å². The Morgan fingerprint density at radius 1 is 1.09 bits per heavy atom. The summed E-state index contributed by atoms with van der Waals surface area (Å²) in [5.74, 6) is 0. The van der Waals surface area contributed by atoms with Crippen molar-refractivity contribution in [3.05, 3.63) is 0 Å². The molecule has 0 aromatic heterocycles. The number of rotatable bonds is 7. The molecule has 0 aromatic rings. The predicted molar refractivity (Wildman–Crippen MR) is 43.5 cm³/mol. The quantitative estimate of drug-likeness (QED) is 0.557. The molecule has 0 amide bonds. The summed E-state index contributed by atoms with van der Waals surface area (Å²) in [6, 6.07) is 0. The van der Waals surface area contributed by atoms with Crippen molar-refractivity contribution in [2.24, 2.45) is 0 Å². The van der Waals surface area contributed by atoms with Crippen LogP contribution in [0.4, 0.5) is 0 Å². The highest BCUT2D eigenvalue weighted by atomic mass is 31.2. The zero-order valence-corrected chi connectivity index (χ0v) is 7.59. The van der Waals surface area contributed by atoms with Crippen molar-refractivity contribution < 1.29 is 19.3 Å². The van der Waals surface area contributed by atoms with Crippen LogP contribution in [0.1, 0.15) is 6.92 Å². The predicted octanol–water partition coefficient (Wildman–Crippen LogP) is 0.336. The Morgan fingerprint density at radius 3 is 1.82 bits per heavy atom. The molecule has 5 heteroatoms. The molecule has 0 radical (unpaired) electrons. The second-order valence-electron chi connectivity index (χ2n) is 1.76. The van der Waals surface area contributed by atoms with Crippen molar-refractivity contribution in [1.82, 2.24) is 0 Å². The van der Waals surface area contributed by atoms with Crippen LogP contribution in [0.25, 0.3) is 0 Å². The molecule has 2 N–H and O–H groups in total. The Hall–Kier alpha value is 0.270. The molecule has 0 saturated heterocycles. The van der Waals surface area contributed by atoms with Crippen LogP contribution in [0.2, 0.25) is 0 Å². The number of aliphatic hydroxyl groups is 2. The van der Waals surface area contributed by atoms with Gasteiger partial charge in [-0.3, -0.25) is 0 Å². The summed E-state index contributed by atoms with van der Waals surface area (Å²) >= 11 is 0. The zero-order valence-electron chi connectivity index (χ0n) is 6.69. The summed E-state index contributed by atoms with van der Waals surface area (Å²) < 4.78 is 10.2. The molecule has 11 heavy (non-hydrogen) atoms. The average molecular weight is 182 g/mol. The van der Waals surface area contributed by atoms with E-state index in [2.05, 4.69) is 0 Å². The minimum atomic E-state index is -0.890. The number of hydrogen-bond acceptors (Lipinski definition) is 4. The fourth-order valence-corrected chi connectivity index (χ4v) is 1.52. The lowest BCUT2D eigenvalue weighted by Gasteiger charge is -2.13. The largest absolute Gasteiger partial charge is 0.394 e. The fraction of sp³-hybridized carbons (Fsp3) is 1.00. The molecule has 0 saturated carbocycles. The van der Waals surface area contributed by atoms with E-state index in [1.165, 1.54) is 0 Å². The maximum atomic E-state index is 8.42. The molecule has 68 valence electrons. The maximum absolute atomic E-state index is 8.42. The molecule has 0 aliphatic carbocycles. The SMILES string of the molecule is CCP(OCCO)OCCO. The van der Waals surface area contributed by atoms with Crippen molar-refractivity contribution in [3.63, 3.8) is 0 Å². The van der Waals surface area contributed by atoms with Gasteiger partial charge in [0.05, 0.1) is 26.4 Å². The summed E-state index contributed by atoms with van der Waals surface area (Å²) in [6.45, 7) is 2.60. The molecule has 0 aromatic carbocycles. The molecule has 0 aliphatic heterocycles. The second kappa shape index (κ2) is 8.37. The molecular weight excluding hydrogens is 167 g/mol. The highest BCUT2D eigenvalue weighted by Crippen LogP contribution is 2.36. The molecule has 0 bridgehead atoms. The highest BCUT2D eigenvalue weighted by Gasteiger charge is 2.05. The van der Waals surface area contributed by atoms with E-state index >= 15 is 0 Å².